The highest BCUT2D eigenvalue weighted by molar-refractivity contribution is 6.04. The van der Waals surface area contributed by atoms with Crippen LogP contribution in [0.4, 0.5) is 0 Å². The number of hydrogen-bond donors (Lipinski definition) is 2. The molecule has 0 unspecified atom stereocenters. The van der Waals surface area contributed by atoms with E-state index in [1.54, 1.807) is 6.92 Å². The highest BCUT2D eigenvalue weighted by atomic mass is 35.5. The van der Waals surface area contributed by atoms with Crippen LogP contribution in [0.2, 0.25) is 0 Å². The fraction of sp³-hybridized carbons (Fsp3) is 0.733. The van der Waals surface area contributed by atoms with Crippen molar-refractivity contribution in [3.05, 3.63) is 0 Å². The molecule has 1 rings (SSSR count). The third-order valence-electron chi connectivity index (χ3n) is 3.98. The molecule has 1 saturated heterocycles. The van der Waals surface area contributed by atoms with Crippen molar-refractivity contribution < 1.29 is 23.9 Å². The van der Waals surface area contributed by atoms with Crippen molar-refractivity contribution in [2.24, 2.45) is 11.7 Å². The normalized spacial score (nSPS) is 20.0. The number of halogens is 1. The van der Waals surface area contributed by atoms with E-state index in [9.17, 15) is 19.2 Å². The van der Waals surface area contributed by atoms with Crippen LogP contribution in [0.3, 0.4) is 0 Å². The Kier molecular flexibility index (Phi) is 9.53. The number of esters is 1. The Morgan fingerprint density at radius 3 is 2.54 bits per heavy atom. The molecule has 1 aliphatic rings. The van der Waals surface area contributed by atoms with Gasteiger partial charge in [-0.1, -0.05) is 20.3 Å². The number of hydrogen-bond acceptors (Lipinski definition) is 6. The number of nitrogens with zero attached hydrogens (tertiary/aromatic N) is 1. The lowest BCUT2D eigenvalue weighted by molar-refractivity contribution is -0.159. The molecule has 8 nitrogen and oxygen atoms in total. The Bertz CT molecular complexity index is 486. The Labute approximate surface area is 147 Å². The lowest BCUT2D eigenvalue weighted by Gasteiger charge is -2.31. The van der Waals surface area contributed by atoms with Gasteiger partial charge in [0.15, 0.2) is 0 Å². The number of carbonyl (C=O) groups excluding carboxylic acids is 4. The van der Waals surface area contributed by atoms with Gasteiger partial charge in [-0.3, -0.25) is 24.1 Å². The lowest BCUT2D eigenvalue weighted by atomic mass is 9.98. The second-order valence-electron chi connectivity index (χ2n) is 5.63. The molecule has 0 aromatic rings. The van der Waals surface area contributed by atoms with Gasteiger partial charge in [-0.05, 0) is 19.3 Å². The minimum absolute atomic E-state index is 0. The van der Waals surface area contributed by atoms with Gasteiger partial charge < -0.3 is 15.8 Å². The van der Waals surface area contributed by atoms with Crippen molar-refractivity contribution in [3.63, 3.8) is 0 Å². The molecule has 0 saturated carbocycles. The highest BCUT2D eigenvalue weighted by Gasteiger charge is 2.37. The van der Waals surface area contributed by atoms with E-state index in [2.05, 4.69) is 5.32 Å². The molecule has 0 bridgehead atoms. The molecule has 0 radical (unpaired) electrons. The quantitative estimate of drug-likeness (QED) is 0.484. The number of carbonyl (C=O) groups is 4. The van der Waals surface area contributed by atoms with Crippen molar-refractivity contribution >= 4 is 36.1 Å². The van der Waals surface area contributed by atoms with Gasteiger partial charge >= 0.3 is 5.97 Å². The first-order chi connectivity index (χ1) is 10.8. The Hall–Kier alpha value is -1.67. The predicted octanol–water partition coefficient (Wildman–Crippen LogP) is -0.0215. The Morgan fingerprint density at radius 1 is 1.38 bits per heavy atom. The van der Waals surface area contributed by atoms with E-state index in [4.69, 9.17) is 10.5 Å². The Morgan fingerprint density at radius 2 is 2.00 bits per heavy atom. The zero-order valence-corrected chi connectivity index (χ0v) is 15.1. The van der Waals surface area contributed by atoms with E-state index < -0.39 is 42.3 Å². The van der Waals surface area contributed by atoms with Gasteiger partial charge in [0.2, 0.25) is 11.8 Å². The molecule has 3 atom stereocenters. The van der Waals surface area contributed by atoms with Crippen LogP contribution in [0.25, 0.3) is 0 Å². The van der Waals surface area contributed by atoms with E-state index in [1.165, 1.54) is 0 Å². The smallest absolute Gasteiger partial charge is 0.326 e. The molecule has 1 fully saturated rings. The van der Waals surface area contributed by atoms with Crippen LogP contribution in [0.1, 0.15) is 40.0 Å². The summed E-state index contributed by atoms with van der Waals surface area (Å²) in [5.41, 5.74) is 5.84. The molecule has 1 aliphatic heterocycles. The number of likely N-dealkylation sites (tertiary alicyclic amines) is 1. The average molecular weight is 364 g/mol. The van der Waals surface area contributed by atoms with E-state index in [-0.39, 0.29) is 37.8 Å². The van der Waals surface area contributed by atoms with Crippen LogP contribution in [0.15, 0.2) is 0 Å². The van der Waals surface area contributed by atoms with Crippen molar-refractivity contribution in [1.82, 2.24) is 10.2 Å². The molecule has 0 aromatic heterocycles. The summed E-state index contributed by atoms with van der Waals surface area (Å²) >= 11 is 0. The number of ether oxygens (including phenoxy) is 1. The molecule has 138 valence electrons. The zero-order chi connectivity index (χ0) is 17.6. The summed E-state index contributed by atoms with van der Waals surface area (Å²) in [4.78, 5) is 48.6. The summed E-state index contributed by atoms with van der Waals surface area (Å²) in [6, 6.07) is -1.56. The number of nitrogens with one attached hydrogen (secondary N) is 1. The first-order valence-corrected chi connectivity index (χ1v) is 7.87. The van der Waals surface area contributed by atoms with Gasteiger partial charge in [0.1, 0.15) is 12.6 Å². The number of imide groups is 1. The van der Waals surface area contributed by atoms with Crippen molar-refractivity contribution in [3.8, 4) is 0 Å². The standard InChI is InChI=1S/C15H25N3O5.ClH/c1-4-9(3)13(16)14(21)17-10-6-7-11(19)18(15(10)22)8-12(20)23-5-2;/h9-10,13H,4-8,16H2,1-3H3,(H,17,21);1H/t9-,10+,13+;/m1./s1. The summed E-state index contributed by atoms with van der Waals surface area (Å²) in [5, 5.41) is 2.58. The molecule has 9 heteroatoms. The minimum Gasteiger partial charge on any atom is -0.465 e. The largest absolute Gasteiger partial charge is 0.465 e. The van der Waals surface area contributed by atoms with Gasteiger partial charge in [0.25, 0.3) is 5.91 Å². The second-order valence-corrected chi connectivity index (χ2v) is 5.63. The Balaban J connectivity index is 0.00000529. The molecular formula is C15H26ClN3O5. The van der Waals surface area contributed by atoms with Crippen LogP contribution in [0, 0.1) is 5.92 Å². The number of nitrogens with two attached hydrogens (primary N) is 1. The minimum atomic E-state index is -0.843. The summed E-state index contributed by atoms with van der Waals surface area (Å²) < 4.78 is 4.75. The zero-order valence-electron chi connectivity index (χ0n) is 14.2. The fourth-order valence-electron chi connectivity index (χ4n) is 2.25. The van der Waals surface area contributed by atoms with Gasteiger partial charge in [0, 0.05) is 6.42 Å². The summed E-state index contributed by atoms with van der Waals surface area (Å²) in [5.74, 6) is -2.15. The van der Waals surface area contributed by atoms with Crippen LogP contribution < -0.4 is 11.1 Å². The van der Waals surface area contributed by atoms with E-state index >= 15 is 0 Å². The molecule has 0 spiro atoms. The monoisotopic (exact) mass is 363 g/mol. The third kappa shape index (κ3) is 5.76. The second kappa shape index (κ2) is 10.2. The van der Waals surface area contributed by atoms with Gasteiger partial charge in [-0.15, -0.1) is 12.4 Å². The third-order valence-corrected chi connectivity index (χ3v) is 3.98. The van der Waals surface area contributed by atoms with Crippen LogP contribution >= 0.6 is 12.4 Å². The first-order valence-electron chi connectivity index (χ1n) is 7.87. The summed E-state index contributed by atoms with van der Waals surface area (Å²) in [7, 11) is 0. The highest BCUT2D eigenvalue weighted by Crippen LogP contribution is 2.14. The number of rotatable bonds is 7. The lowest BCUT2D eigenvalue weighted by Crippen LogP contribution is -2.58. The van der Waals surface area contributed by atoms with Crippen molar-refractivity contribution in [2.75, 3.05) is 13.2 Å². The molecule has 3 amide bonds. The molecule has 1 heterocycles. The fourth-order valence-corrected chi connectivity index (χ4v) is 2.25. The van der Waals surface area contributed by atoms with Crippen LogP contribution in [-0.4, -0.2) is 53.8 Å². The number of piperidine rings is 1. The van der Waals surface area contributed by atoms with E-state index in [0.29, 0.717) is 0 Å². The molecule has 0 aromatic carbocycles. The molecular weight excluding hydrogens is 338 g/mol. The summed E-state index contributed by atoms with van der Waals surface area (Å²) in [6.45, 7) is 5.14. The van der Waals surface area contributed by atoms with Crippen LogP contribution in [0.5, 0.6) is 0 Å². The van der Waals surface area contributed by atoms with E-state index in [1.807, 2.05) is 13.8 Å². The van der Waals surface area contributed by atoms with Crippen molar-refractivity contribution in [1.29, 1.82) is 0 Å². The van der Waals surface area contributed by atoms with Crippen molar-refractivity contribution in [2.45, 2.75) is 52.1 Å². The SMILES string of the molecule is CCOC(=O)CN1C(=O)CC[C@H](NC(=O)[C@@H](N)[C@H](C)CC)C1=O.Cl. The van der Waals surface area contributed by atoms with Gasteiger partial charge in [-0.2, -0.15) is 0 Å². The first kappa shape index (κ1) is 22.3. The topological polar surface area (TPSA) is 119 Å². The number of amides is 3. The van der Waals surface area contributed by atoms with Gasteiger partial charge in [-0.25, -0.2) is 0 Å². The maximum atomic E-state index is 12.3. The average Bonchev–Trinajstić information content (AvgIpc) is 2.52. The van der Waals surface area contributed by atoms with Gasteiger partial charge in [0.05, 0.1) is 12.6 Å². The maximum Gasteiger partial charge on any atom is 0.326 e. The molecule has 0 aliphatic carbocycles. The maximum absolute atomic E-state index is 12.3. The molecule has 24 heavy (non-hydrogen) atoms. The molecule has 3 N–H and O–H groups in total. The van der Waals surface area contributed by atoms with E-state index in [0.717, 1.165) is 11.3 Å². The summed E-state index contributed by atoms with van der Waals surface area (Å²) in [6.07, 6.45) is 1.02. The predicted molar refractivity (Wildman–Crippen MR) is 89.2 cm³/mol. The van der Waals surface area contributed by atoms with Crippen LogP contribution in [-0.2, 0) is 23.9 Å².